The summed E-state index contributed by atoms with van der Waals surface area (Å²) in [4.78, 5) is 0. The van der Waals surface area contributed by atoms with Gasteiger partial charge < -0.3 is 4.48 Å². The molecule has 296 valence electrons. The Balaban J connectivity index is 0.000000772. The van der Waals surface area contributed by atoms with Crippen molar-refractivity contribution >= 4 is 28.0 Å². The van der Waals surface area contributed by atoms with E-state index in [1.54, 1.807) is 0 Å². The molecule has 0 amide bonds. The van der Waals surface area contributed by atoms with Gasteiger partial charge in [-0.2, -0.15) is 0 Å². The topological polar surface area (TPSA) is 0 Å². The van der Waals surface area contributed by atoms with Crippen LogP contribution >= 0.6 is 0 Å². The quantitative estimate of drug-likeness (QED) is 0.0563. The third-order valence-corrected chi connectivity index (χ3v) is 9.39. The molecule has 0 fully saturated rings. The summed E-state index contributed by atoms with van der Waals surface area (Å²) in [6.45, 7) is 14.2. The predicted molar refractivity (Wildman–Crippen MR) is 152 cm³/mol. The summed E-state index contributed by atoms with van der Waals surface area (Å²) >= 11 is 0. The highest BCUT2D eigenvalue weighted by Crippen LogP contribution is 2.30. The highest BCUT2D eigenvalue weighted by molar-refractivity contribution is 7.20. The lowest BCUT2D eigenvalue weighted by Gasteiger charge is -2.44. The second-order valence-electron chi connectivity index (χ2n) is 11.4. The van der Waals surface area contributed by atoms with E-state index in [9.17, 15) is 52.7 Å². The number of hydrogen-bond acceptors (Lipinski definition) is 0. The average molecular weight is 809 g/mol. The molecular weight excluding hydrogens is 789 g/mol. The zero-order valence-corrected chi connectivity index (χ0v) is 27.4. The fraction of sp³-hybridized carbons (Fsp3) is 0.250. The van der Waals surface area contributed by atoms with E-state index in [0.717, 1.165) is 0 Å². The largest absolute Gasteiger partial charge is 0.325 e. The van der Waals surface area contributed by atoms with E-state index in [4.69, 9.17) is 0 Å². The van der Waals surface area contributed by atoms with Crippen LogP contribution in [0.15, 0.2) is 0 Å². The Labute approximate surface area is 290 Å². The highest BCUT2D eigenvalue weighted by Gasteiger charge is 2.52. The Hall–Kier alpha value is -4.50. The van der Waals surface area contributed by atoms with Gasteiger partial charge >= 0.3 is 0 Å². The first-order valence-corrected chi connectivity index (χ1v) is 15.0. The zero-order chi connectivity index (χ0) is 41.7. The molecule has 4 aromatic rings. The molecule has 22 heteroatoms. The summed E-state index contributed by atoms with van der Waals surface area (Å²) in [5, 5.41) is 0. The first-order valence-electron chi connectivity index (χ1n) is 15.0. The molecule has 0 radical (unpaired) electrons. The predicted octanol–water partition coefficient (Wildman–Crippen LogP) is 7.73. The van der Waals surface area contributed by atoms with Crippen LogP contribution in [-0.4, -0.2) is 36.8 Å². The van der Waals surface area contributed by atoms with Crippen molar-refractivity contribution in [3.8, 4) is 0 Å². The molecule has 0 heterocycles. The molecule has 0 N–H and O–H groups in total. The van der Waals surface area contributed by atoms with Crippen molar-refractivity contribution in [3.05, 3.63) is 116 Å². The molecular formula is C32H20BF20N. The van der Waals surface area contributed by atoms with Gasteiger partial charge in [0.15, 0.2) is 69.8 Å². The lowest BCUT2D eigenvalue weighted by molar-refractivity contribution is -0.921. The van der Waals surface area contributed by atoms with E-state index in [0.29, 0.717) is 0 Å². The molecule has 54 heavy (non-hydrogen) atoms. The molecule has 4 aromatic carbocycles. The smallest absolute Gasteiger partial charge is 0.200 e. The molecule has 0 saturated carbocycles. The Morgan fingerprint density at radius 1 is 0.241 bits per heavy atom. The van der Waals surface area contributed by atoms with Crippen molar-refractivity contribution in [3.63, 3.8) is 0 Å². The van der Waals surface area contributed by atoms with Crippen LogP contribution in [0.4, 0.5) is 87.8 Å². The molecule has 0 atom stereocenters. The maximum atomic E-state index is 15.4. The summed E-state index contributed by atoms with van der Waals surface area (Å²) in [6.07, 6.45) is -7.22. The second kappa shape index (κ2) is 15.7. The minimum Gasteiger partial charge on any atom is -0.325 e. The second-order valence-corrected chi connectivity index (χ2v) is 11.4. The van der Waals surface area contributed by atoms with Gasteiger partial charge in [-0.15, -0.1) is 21.9 Å². The summed E-state index contributed by atoms with van der Waals surface area (Å²) in [7, 11) is 0. The minimum absolute atomic E-state index is 1.28. The molecule has 1 nitrogen and oxygen atoms in total. The summed E-state index contributed by atoms with van der Waals surface area (Å²) in [5.41, 5.74) is -14.3. The Kier molecular flexibility index (Phi) is 12.8. The monoisotopic (exact) mass is 809 g/mol. The van der Waals surface area contributed by atoms with Crippen LogP contribution in [0.1, 0.15) is 27.7 Å². The van der Waals surface area contributed by atoms with Gasteiger partial charge in [0.1, 0.15) is 52.7 Å². The van der Waals surface area contributed by atoms with E-state index in [1.165, 1.54) is 30.7 Å². The van der Waals surface area contributed by atoms with Gasteiger partial charge in [0.05, 0.1) is 26.2 Å². The van der Waals surface area contributed by atoms with Gasteiger partial charge in [-0.05, 0) is 27.7 Å². The van der Waals surface area contributed by atoms with Gasteiger partial charge in [-0.25, -0.2) is 87.8 Å². The maximum absolute atomic E-state index is 15.4. The van der Waals surface area contributed by atoms with E-state index < -0.39 is 144 Å². The van der Waals surface area contributed by atoms with Crippen molar-refractivity contribution in [2.45, 2.75) is 27.7 Å². The zero-order valence-electron chi connectivity index (χ0n) is 27.4. The first-order chi connectivity index (χ1) is 24.9. The van der Waals surface area contributed by atoms with Crippen LogP contribution in [0, 0.1) is 116 Å². The van der Waals surface area contributed by atoms with Crippen molar-refractivity contribution < 1.29 is 92.3 Å². The molecule has 0 spiro atoms. The van der Waals surface area contributed by atoms with Gasteiger partial charge in [0.2, 0.25) is 0 Å². The van der Waals surface area contributed by atoms with Crippen LogP contribution in [0.2, 0.25) is 0 Å². The van der Waals surface area contributed by atoms with Crippen LogP contribution < -0.4 is 21.9 Å². The SMILES string of the molecule is CC[N+](CC)(CC)CC.Fc1c(F)c(F)c([B-](c2c(F)c(F)c(F)c(F)c2F)(c2c(F)c(F)c(F)c(F)c2F)c2c(F)c(F)c(F)c(F)c2F)c(F)c1F. The van der Waals surface area contributed by atoms with Crippen molar-refractivity contribution in [1.82, 2.24) is 0 Å². The fourth-order valence-corrected chi connectivity index (χ4v) is 6.22. The van der Waals surface area contributed by atoms with E-state index in [-0.39, 0.29) is 0 Å². The maximum Gasteiger partial charge on any atom is 0.200 e. The molecule has 0 unspecified atom stereocenters. The van der Waals surface area contributed by atoms with Crippen molar-refractivity contribution in [1.29, 1.82) is 0 Å². The van der Waals surface area contributed by atoms with Crippen LogP contribution in [0.25, 0.3) is 0 Å². The third kappa shape index (κ3) is 6.32. The van der Waals surface area contributed by atoms with Crippen molar-refractivity contribution in [2.24, 2.45) is 0 Å². The van der Waals surface area contributed by atoms with Crippen LogP contribution in [-0.2, 0) is 0 Å². The number of halogens is 20. The Bertz CT molecular complexity index is 1730. The van der Waals surface area contributed by atoms with Crippen LogP contribution in [0.5, 0.6) is 0 Å². The summed E-state index contributed by atoms with van der Waals surface area (Å²) in [5.74, 6) is -71.4. The molecule has 0 aromatic heterocycles. The number of nitrogens with zero attached hydrogens (tertiary/aromatic N) is 1. The average Bonchev–Trinajstić information content (AvgIpc) is 3.16. The van der Waals surface area contributed by atoms with Gasteiger partial charge in [-0.1, -0.05) is 0 Å². The first kappa shape index (κ1) is 43.9. The number of quaternary nitrogens is 1. The summed E-state index contributed by atoms with van der Waals surface area (Å²) in [6, 6.07) is 0. The molecule has 0 saturated heterocycles. The van der Waals surface area contributed by atoms with Gasteiger partial charge in [0, 0.05) is 0 Å². The van der Waals surface area contributed by atoms with E-state index in [2.05, 4.69) is 27.7 Å². The molecule has 4 rings (SSSR count). The third-order valence-electron chi connectivity index (χ3n) is 9.39. The lowest BCUT2D eigenvalue weighted by Crippen LogP contribution is -2.81. The fourth-order valence-electron chi connectivity index (χ4n) is 6.22. The highest BCUT2D eigenvalue weighted by atomic mass is 19.2. The Morgan fingerprint density at radius 2 is 0.352 bits per heavy atom. The normalized spacial score (nSPS) is 12.0. The summed E-state index contributed by atoms with van der Waals surface area (Å²) < 4.78 is 295. The standard InChI is InChI=1S/C24BF20.C8H20N/c26-5-1(6(27)14(35)21(42)13(5)34)25(2-7(28)15(36)22(43)16(37)8(2)29,3-9(30)17(38)23(44)18(39)10(3)31)4-11(32)19(40)24(45)20(41)12(4)33;1-5-9(6-2,7-3)8-4/h;5-8H2,1-4H3/q-1;+1. The van der Waals surface area contributed by atoms with Crippen molar-refractivity contribution in [2.75, 3.05) is 26.2 Å². The number of benzene rings is 4. The Morgan fingerprint density at radius 3 is 0.444 bits per heavy atom. The minimum atomic E-state index is -7.22. The van der Waals surface area contributed by atoms with Gasteiger partial charge in [0.25, 0.3) is 0 Å². The van der Waals surface area contributed by atoms with E-state index in [1.807, 2.05) is 0 Å². The number of rotatable bonds is 8. The molecule has 0 aliphatic heterocycles. The molecule has 0 aliphatic carbocycles. The molecule has 0 bridgehead atoms. The van der Waals surface area contributed by atoms with Crippen LogP contribution in [0.3, 0.4) is 0 Å². The van der Waals surface area contributed by atoms with E-state index >= 15 is 35.1 Å². The number of hydrogen-bond donors (Lipinski definition) is 0. The lowest BCUT2D eigenvalue weighted by atomic mass is 9.12. The molecule has 0 aliphatic rings. The van der Waals surface area contributed by atoms with Gasteiger partial charge in [-0.3, -0.25) is 0 Å².